The molecule has 5 nitrogen and oxygen atoms in total. The van der Waals surface area contributed by atoms with Crippen LogP contribution >= 0.6 is 11.3 Å². The number of carbonyl (C=O) groups excluding carboxylic acids is 1. The lowest BCUT2D eigenvalue weighted by Gasteiger charge is -2.19. The van der Waals surface area contributed by atoms with E-state index in [1.807, 2.05) is 32.3 Å². The highest BCUT2D eigenvalue weighted by molar-refractivity contribution is 7.09. The first-order chi connectivity index (χ1) is 9.47. The van der Waals surface area contributed by atoms with Crippen molar-refractivity contribution in [2.75, 3.05) is 19.6 Å². The maximum atomic E-state index is 11.4. The van der Waals surface area contributed by atoms with Crippen molar-refractivity contribution in [2.24, 2.45) is 0 Å². The average Bonchev–Trinajstić information content (AvgIpc) is 2.83. The van der Waals surface area contributed by atoms with E-state index < -0.39 is 5.60 Å². The quantitative estimate of drug-likeness (QED) is 0.724. The second kappa shape index (κ2) is 8.92. The number of ether oxygens (including phenoxy) is 1. The SMILES string of the molecule is CC(C)(C)OC(=O)NCCCCNCCc1nccs1. The Morgan fingerprint density at radius 1 is 1.30 bits per heavy atom. The molecule has 1 aromatic rings. The molecule has 0 aliphatic heterocycles. The molecule has 0 saturated carbocycles. The van der Waals surface area contributed by atoms with Gasteiger partial charge in [0.1, 0.15) is 5.60 Å². The third kappa shape index (κ3) is 8.87. The van der Waals surface area contributed by atoms with Crippen LogP contribution in [0.4, 0.5) is 4.79 Å². The molecule has 0 aromatic carbocycles. The molecule has 6 heteroatoms. The fourth-order valence-electron chi connectivity index (χ4n) is 1.58. The number of unbranched alkanes of at least 4 members (excludes halogenated alkanes) is 1. The van der Waals surface area contributed by atoms with Gasteiger partial charge in [0.15, 0.2) is 0 Å². The van der Waals surface area contributed by atoms with Crippen LogP contribution in [0.3, 0.4) is 0 Å². The summed E-state index contributed by atoms with van der Waals surface area (Å²) in [6.45, 7) is 8.15. The van der Waals surface area contributed by atoms with Gasteiger partial charge in [0.25, 0.3) is 0 Å². The molecule has 0 unspecified atom stereocenters. The Kier molecular flexibility index (Phi) is 7.54. The predicted octanol–water partition coefficient (Wildman–Crippen LogP) is 2.58. The summed E-state index contributed by atoms with van der Waals surface area (Å²) in [6.07, 6.45) is 4.46. The van der Waals surface area contributed by atoms with Gasteiger partial charge in [-0.05, 0) is 40.2 Å². The van der Waals surface area contributed by atoms with Crippen LogP contribution in [0.2, 0.25) is 0 Å². The lowest BCUT2D eigenvalue weighted by Crippen LogP contribution is -2.33. The zero-order valence-electron chi connectivity index (χ0n) is 12.6. The van der Waals surface area contributed by atoms with Crippen LogP contribution in [0.5, 0.6) is 0 Å². The van der Waals surface area contributed by atoms with Crippen molar-refractivity contribution in [1.29, 1.82) is 0 Å². The zero-order chi connectivity index (χ0) is 14.8. The van der Waals surface area contributed by atoms with Gasteiger partial charge in [-0.25, -0.2) is 9.78 Å². The van der Waals surface area contributed by atoms with Crippen molar-refractivity contribution in [3.63, 3.8) is 0 Å². The second-order valence-electron chi connectivity index (χ2n) is 5.56. The van der Waals surface area contributed by atoms with Gasteiger partial charge in [-0.2, -0.15) is 0 Å². The first kappa shape index (κ1) is 16.9. The summed E-state index contributed by atoms with van der Waals surface area (Å²) in [4.78, 5) is 15.6. The first-order valence-corrected chi connectivity index (χ1v) is 7.91. The molecule has 1 rings (SSSR count). The minimum absolute atomic E-state index is 0.339. The molecule has 0 saturated heterocycles. The molecule has 0 spiro atoms. The molecule has 114 valence electrons. The highest BCUT2D eigenvalue weighted by atomic mass is 32.1. The van der Waals surface area contributed by atoms with E-state index in [1.165, 1.54) is 5.01 Å². The van der Waals surface area contributed by atoms with Gasteiger partial charge >= 0.3 is 6.09 Å². The van der Waals surface area contributed by atoms with Crippen LogP contribution in [0.15, 0.2) is 11.6 Å². The van der Waals surface area contributed by atoms with Crippen LogP contribution in [0, 0.1) is 0 Å². The Morgan fingerprint density at radius 3 is 2.70 bits per heavy atom. The smallest absolute Gasteiger partial charge is 0.407 e. The molecule has 0 atom stereocenters. The maximum Gasteiger partial charge on any atom is 0.407 e. The monoisotopic (exact) mass is 299 g/mol. The number of carbonyl (C=O) groups is 1. The molecule has 20 heavy (non-hydrogen) atoms. The zero-order valence-corrected chi connectivity index (χ0v) is 13.4. The van der Waals surface area contributed by atoms with E-state index in [4.69, 9.17) is 4.74 Å². The van der Waals surface area contributed by atoms with Crippen LogP contribution in [-0.4, -0.2) is 36.3 Å². The number of nitrogens with zero attached hydrogens (tertiary/aromatic N) is 1. The van der Waals surface area contributed by atoms with Gasteiger partial charge in [0, 0.05) is 31.1 Å². The average molecular weight is 299 g/mol. The molecule has 1 amide bonds. The number of alkyl carbamates (subject to hydrolysis) is 1. The Hall–Kier alpha value is -1.14. The van der Waals surface area contributed by atoms with Crippen molar-refractivity contribution < 1.29 is 9.53 Å². The third-order valence-corrected chi connectivity index (χ3v) is 3.29. The molecule has 0 bridgehead atoms. The van der Waals surface area contributed by atoms with Crippen molar-refractivity contribution in [1.82, 2.24) is 15.6 Å². The second-order valence-corrected chi connectivity index (χ2v) is 6.54. The van der Waals surface area contributed by atoms with E-state index >= 15 is 0 Å². The number of aromatic nitrogens is 1. The number of hydrogen-bond donors (Lipinski definition) is 2. The number of nitrogens with one attached hydrogen (secondary N) is 2. The molecular weight excluding hydrogens is 274 g/mol. The Balaban J connectivity index is 1.88. The summed E-state index contributed by atoms with van der Waals surface area (Å²) >= 11 is 1.69. The van der Waals surface area contributed by atoms with E-state index in [0.717, 1.165) is 32.4 Å². The van der Waals surface area contributed by atoms with Crippen molar-refractivity contribution in [3.8, 4) is 0 Å². The minimum Gasteiger partial charge on any atom is -0.444 e. The summed E-state index contributed by atoms with van der Waals surface area (Å²) in [6, 6.07) is 0. The van der Waals surface area contributed by atoms with Gasteiger partial charge in [-0.1, -0.05) is 0 Å². The van der Waals surface area contributed by atoms with Crippen molar-refractivity contribution in [3.05, 3.63) is 16.6 Å². The number of rotatable bonds is 8. The summed E-state index contributed by atoms with van der Waals surface area (Å²) in [7, 11) is 0. The van der Waals surface area contributed by atoms with Crippen LogP contribution in [0.25, 0.3) is 0 Å². The fraction of sp³-hybridized carbons (Fsp3) is 0.714. The molecular formula is C14H25N3O2S. The molecule has 1 heterocycles. The van der Waals surface area contributed by atoms with Crippen LogP contribution in [0.1, 0.15) is 38.6 Å². The van der Waals surface area contributed by atoms with Gasteiger partial charge in [-0.3, -0.25) is 0 Å². The summed E-state index contributed by atoms with van der Waals surface area (Å²) in [5, 5.41) is 9.30. The molecule has 0 aliphatic rings. The number of thiazole rings is 1. The molecule has 0 aliphatic carbocycles. The van der Waals surface area contributed by atoms with E-state index in [-0.39, 0.29) is 6.09 Å². The van der Waals surface area contributed by atoms with Gasteiger partial charge in [0.2, 0.25) is 0 Å². The lowest BCUT2D eigenvalue weighted by molar-refractivity contribution is 0.0527. The van der Waals surface area contributed by atoms with E-state index in [2.05, 4.69) is 15.6 Å². The summed E-state index contributed by atoms with van der Waals surface area (Å²) in [5.74, 6) is 0. The van der Waals surface area contributed by atoms with Crippen molar-refractivity contribution >= 4 is 17.4 Å². The maximum absolute atomic E-state index is 11.4. The molecule has 2 N–H and O–H groups in total. The largest absolute Gasteiger partial charge is 0.444 e. The topological polar surface area (TPSA) is 63.2 Å². The highest BCUT2D eigenvalue weighted by Crippen LogP contribution is 2.06. The van der Waals surface area contributed by atoms with Crippen LogP contribution < -0.4 is 10.6 Å². The Morgan fingerprint density at radius 2 is 2.05 bits per heavy atom. The minimum atomic E-state index is -0.429. The van der Waals surface area contributed by atoms with E-state index in [9.17, 15) is 4.79 Å². The summed E-state index contributed by atoms with van der Waals surface area (Å²) in [5.41, 5.74) is -0.429. The fourth-order valence-corrected chi connectivity index (χ4v) is 2.20. The molecule has 0 radical (unpaired) electrons. The van der Waals surface area contributed by atoms with E-state index in [0.29, 0.717) is 6.54 Å². The van der Waals surface area contributed by atoms with E-state index in [1.54, 1.807) is 11.3 Å². The summed E-state index contributed by atoms with van der Waals surface area (Å²) < 4.78 is 5.15. The Labute approximate surface area is 125 Å². The Bertz CT molecular complexity index is 374. The van der Waals surface area contributed by atoms with Crippen molar-refractivity contribution in [2.45, 2.75) is 45.6 Å². The molecule has 1 aromatic heterocycles. The molecule has 0 fully saturated rings. The number of hydrogen-bond acceptors (Lipinski definition) is 5. The third-order valence-electron chi connectivity index (χ3n) is 2.45. The predicted molar refractivity (Wildman–Crippen MR) is 82.2 cm³/mol. The number of amides is 1. The van der Waals surface area contributed by atoms with Crippen LogP contribution in [-0.2, 0) is 11.2 Å². The first-order valence-electron chi connectivity index (χ1n) is 7.03. The lowest BCUT2D eigenvalue weighted by atomic mass is 10.2. The van der Waals surface area contributed by atoms with Gasteiger partial charge in [-0.15, -0.1) is 11.3 Å². The van der Waals surface area contributed by atoms with Gasteiger partial charge in [0.05, 0.1) is 5.01 Å². The van der Waals surface area contributed by atoms with Gasteiger partial charge < -0.3 is 15.4 Å². The standard InChI is InChI=1S/C14H25N3O2S/c1-14(2,3)19-13(18)17-8-5-4-7-15-9-6-12-16-10-11-20-12/h10-11,15H,4-9H2,1-3H3,(H,17,18). The highest BCUT2D eigenvalue weighted by Gasteiger charge is 2.15. The normalized spacial score (nSPS) is 11.3.